The van der Waals surface area contributed by atoms with E-state index in [1.54, 1.807) is 26.4 Å². The van der Waals surface area contributed by atoms with Crippen LogP contribution in [0.1, 0.15) is 11.1 Å². The molecule has 0 atom stereocenters. The van der Waals surface area contributed by atoms with Crippen LogP contribution in [0.5, 0.6) is 11.5 Å². The molecule has 0 fully saturated rings. The third-order valence-electron chi connectivity index (χ3n) is 5.02. The molecular formula is C25H20O4. The Bertz CT molecular complexity index is 1250. The minimum Gasteiger partial charge on any atom is -0.493 e. The van der Waals surface area contributed by atoms with Gasteiger partial charge < -0.3 is 14.6 Å². The molecule has 0 heterocycles. The van der Waals surface area contributed by atoms with Crippen molar-refractivity contribution in [1.29, 1.82) is 0 Å². The number of rotatable bonds is 5. The number of fused-ring (bicyclic) bond motifs is 3. The Kier molecular flexibility index (Phi) is 4.92. The van der Waals surface area contributed by atoms with E-state index in [-0.39, 0.29) is 5.57 Å². The zero-order valence-electron chi connectivity index (χ0n) is 16.2. The maximum Gasteiger partial charge on any atom is 0.336 e. The first-order chi connectivity index (χ1) is 14.1. The first-order valence-corrected chi connectivity index (χ1v) is 9.21. The largest absolute Gasteiger partial charge is 0.493 e. The molecule has 0 aliphatic carbocycles. The van der Waals surface area contributed by atoms with E-state index in [0.717, 1.165) is 21.5 Å². The summed E-state index contributed by atoms with van der Waals surface area (Å²) in [5.74, 6) is 0.0449. The Labute approximate surface area is 168 Å². The van der Waals surface area contributed by atoms with Gasteiger partial charge in [0.1, 0.15) is 0 Å². The molecule has 0 aliphatic rings. The first kappa shape index (κ1) is 18.6. The van der Waals surface area contributed by atoms with Crippen molar-refractivity contribution < 1.29 is 19.4 Å². The van der Waals surface area contributed by atoms with Crippen molar-refractivity contribution in [2.45, 2.75) is 0 Å². The predicted octanol–water partition coefficient (Wildman–Crippen LogP) is 5.64. The highest BCUT2D eigenvalue weighted by molar-refractivity contribution is 6.26. The van der Waals surface area contributed by atoms with Crippen molar-refractivity contribution in [3.8, 4) is 11.5 Å². The summed E-state index contributed by atoms with van der Waals surface area (Å²) in [6.45, 7) is 0. The van der Waals surface area contributed by atoms with Crippen LogP contribution in [0.2, 0.25) is 0 Å². The fourth-order valence-corrected chi connectivity index (χ4v) is 3.71. The Hall–Kier alpha value is -3.79. The number of carboxylic acid groups (broad SMARTS) is 1. The van der Waals surface area contributed by atoms with Gasteiger partial charge in [0.15, 0.2) is 11.5 Å². The molecule has 29 heavy (non-hydrogen) atoms. The number of hydrogen-bond donors (Lipinski definition) is 1. The lowest BCUT2D eigenvalue weighted by molar-refractivity contribution is -0.130. The second-order valence-electron chi connectivity index (χ2n) is 6.64. The monoisotopic (exact) mass is 384 g/mol. The molecule has 0 aromatic heterocycles. The zero-order valence-corrected chi connectivity index (χ0v) is 16.2. The summed E-state index contributed by atoms with van der Waals surface area (Å²) >= 11 is 0. The second kappa shape index (κ2) is 7.68. The average Bonchev–Trinajstić information content (AvgIpc) is 2.76. The van der Waals surface area contributed by atoms with Gasteiger partial charge in [0.25, 0.3) is 0 Å². The van der Waals surface area contributed by atoms with E-state index in [4.69, 9.17) is 9.47 Å². The Morgan fingerprint density at radius 3 is 2.21 bits per heavy atom. The van der Waals surface area contributed by atoms with Crippen LogP contribution >= 0.6 is 0 Å². The molecule has 0 aliphatic heterocycles. The predicted molar refractivity (Wildman–Crippen MR) is 117 cm³/mol. The van der Waals surface area contributed by atoms with Gasteiger partial charge in [-0.2, -0.15) is 0 Å². The normalized spacial score (nSPS) is 11.6. The van der Waals surface area contributed by atoms with Crippen LogP contribution in [0.3, 0.4) is 0 Å². The lowest BCUT2D eigenvalue weighted by Gasteiger charge is -2.13. The molecule has 1 N–H and O–H groups in total. The minimum absolute atomic E-state index is 0.193. The van der Waals surface area contributed by atoms with Gasteiger partial charge in [0.2, 0.25) is 0 Å². The fraction of sp³-hybridized carbons (Fsp3) is 0.0800. The Balaban J connectivity index is 2.04. The lowest BCUT2D eigenvalue weighted by Crippen LogP contribution is -2.02. The molecule has 0 radical (unpaired) electrons. The van der Waals surface area contributed by atoms with Crippen molar-refractivity contribution in [3.05, 3.63) is 83.9 Å². The molecule has 4 nitrogen and oxygen atoms in total. The highest BCUT2D eigenvalue weighted by Crippen LogP contribution is 2.36. The molecule has 0 saturated carbocycles. The van der Waals surface area contributed by atoms with Crippen LogP contribution in [0, 0.1) is 0 Å². The standard InChI is InChI=1S/C25H20O4/c1-28-23-13-7-9-17(24(23)29-2)15-22(25(26)27)21-14-16-8-3-4-10-18(16)19-11-5-6-12-20(19)21/h3-15H,1-2H3,(H,26,27)/b22-15+. The molecular weight excluding hydrogens is 364 g/mol. The highest BCUT2D eigenvalue weighted by atomic mass is 16.5. The third-order valence-corrected chi connectivity index (χ3v) is 5.02. The Morgan fingerprint density at radius 2 is 1.52 bits per heavy atom. The van der Waals surface area contributed by atoms with Crippen molar-refractivity contribution in [3.63, 3.8) is 0 Å². The lowest BCUT2D eigenvalue weighted by atomic mass is 9.92. The van der Waals surface area contributed by atoms with Gasteiger partial charge in [-0.15, -0.1) is 0 Å². The average molecular weight is 384 g/mol. The van der Waals surface area contributed by atoms with Crippen LogP contribution in [0.4, 0.5) is 0 Å². The fourth-order valence-electron chi connectivity index (χ4n) is 3.71. The molecule has 0 spiro atoms. The number of para-hydroxylation sites is 1. The molecule has 0 amide bonds. The molecule has 4 rings (SSSR count). The van der Waals surface area contributed by atoms with Gasteiger partial charge >= 0.3 is 5.97 Å². The molecule has 4 aromatic carbocycles. The second-order valence-corrected chi connectivity index (χ2v) is 6.64. The maximum atomic E-state index is 12.3. The van der Waals surface area contributed by atoms with Gasteiger partial charge in [0, 0.05) is 5.56 Å². The molecule has 4 aromatic rings. The summed E-state index contributed by atoms with van der Waals surface area (Å²) < 4.78 is 10.8. The number of methoxy groups -OCH3 is 2. The van der Waals surface area contributed by atoms with E-state index in [0.29, 0.717) is 22.6 Å². The third kappa shape index (κ3) is 3.29. The number of hydrogen-bond acceptors (Lipinski definition) is 3. The topological polar surface area (TPSA) is 55.8 Å². The van der Waals surface area contributed by atoms with Crippen LogP contribution in [0.15, 0.2) is 72.8 Å². The summed E-state index contributed by atoms with van der Waals surface area (Å²) in [6.07, 6.45) is 1.64. The summed E-state index contributed by atoms with van der Waals surface area (Å²) in [4.78, 5) is 12.3. The number of ether oxygens (including phenoxy) is 2. The molecule has 0 unspecified atom stereocenters. The molecule has 0 saturated heterocycles. The SMILES string of the molecule is COc1cccc(/C=C(/C(=O)O)c2cc3ccccc3c3ccccc23)c1OC. The van der Waals surface area contributed by atoms with E-state index in [9.17, 15) is 9.90 Å². The smallest absolute Gasteiger partial charge is 0.336 e. The zero-order chi connectivity index (χ0) is 20.4. The van der Waals surface area contributed by atoms with Crippen LogP contribution in [-0.4, -0.2) is 25.3 Å². The van der Waals surface area contributed by atoms with E-state index in [2.05, 4.69) is 6.07 Å². The van der Waals surface area contributed by atoms with Crippen LogP contribution in [0.25, 0.3) is 33.2 Å². The van der Waals surface area contributed by atoms with Crippen molar-refractivity contribution in [2.75, 3.05) is 14.2 Å². The maximum absolute atomic E-state index is 12.3. The molecule has 144 valence electrons. The highest BCUT2D eigenvalue weighted by Gasteiger charge is 2.17. The first-order valence-electron chi connectivity index (χ1n) is 9.21. The van der Waals surface area contributed by atoms with E-state index in [1.165, 1.54) is 0 Å². The van der Waals surface area contributed by atoms with Crippen molar-refractivity contribution >= 4 is 39.2 Å². The van der Waals surface area contributed by atoms with Gasteiger partial charge in [-0.25, -0.2) is 4.79 Å². The number of carbonyl (C=O) groups is 1. The molecule has 4 heteroatoms. The number of benzene rings is 4. The van der Waals surface area contributed by atoms with E-state index >= 15 is 0 Å². The van der Waals surface area contributed by atoms with E-state index < -0.39 is 5.97 Å². The van der Waals surface area contributed by atoms with Crippen molar-refractivity contribution in [2.24, 2.45) is 0 Å². The van der Waals surface area contributed by atoms with Crippen molar-refractivity contribution in [1.82, 2.24) is 0 Å². The number of carboxylic acids is 1. The minimum atomic E-state index is -1.00. The summed E-state index contributed by atoms with van der Waals surface area (Å²) in [5, 5.41) is 14.1. The van der Waals surface area contributed by atoms with Gasteiger partial charge in [0.05, 0.1) is 19.8 Å². The summed E-state index contributed by atoms with van der Waals surface area (Å²) in [6, 6.07) is 23.2. The summed E-state index contributed by atoms with van der Waals surface area (Å²) in [7, 11) is 3.10. The quantitative estimate of drug-likeness (QED) is 0.275. The van der Waals surface area contributed by atoms with Gasteiger partial charge in [-0.1, -0.05) is 60.7 Å². The van der Waals surface area contributed by atoms with Gasteiger partial charge in [-0.3, -0.25) is 0 Å². The van der Waals surface area contributed by atoms with Crippen LogP contribution < -0.4 is 9.47 Å². The molecule has 0 bridgehead atoms. The van der Waals surface area contributed by atoms with E-state index in [1.807, 2.05) is 60.7 Å². The van der Waals surface area contributed by atoms with Gasteiger partial charge in [-0.05, 0) is 45.3 Å². The number of aliphatic carboxylic acids is 1. The Morgan fingerprint density at radius 1 is 0.828 bits per heavy atom. The van der Waals surface area contributed by atoms with Crippen LogP contribution in [-0.2, 0) is 4.79 Å². The summed E-state index contributed by atoms with van der Waals surface area (Å²) in [5.41, 5.74) is 1.50.